The minimum atomic E-state index is -0.355. The van der Waals surface area contributed by atoms with E-state index in [9.17, 15) is 4.79 Å². The zero-order valence-corrected chi connectivity index (χ0v) is 20.6. The maximum atomic E-state index is 12.7. The molecule has 4 aromatic heterocycles. The van der Waals surface area contributed by atoms with Crippen LogP contribution < -0.4 is 15.5 Å². The third-order valence-electron chi connectivity index (χ3n) is 6.46. The maximum Gasteiger partial charge on any atom is 0.324 e. The number of hydrogen-bond acceptors (Lipinski definition) is 6. The number of fused-ring (bicyclic) bond motifs is 1. The lowest BCUT2D eigenvalue weighted by molar-refractivity contribution is 0.122. The molecule has 1 aliphatic heterocycles. The Kier molecular flexibility index (Phi) is 6.29. The second-order valence-corrected chi connectivity index (χ2v) is 8.85. The number of hydrogen-bond donors (Lipinski definition) is 4. The van der Waals surface area contributed by atoms with E-state index >= 15 is 0 Å². The molecule has 0 radical (unpaired) electrons. The number of carbonyl (C=O) groups is 1. The van der Waals surface area contributed by atoms with Crippen LogP contribution in [0.4, 0.5) is 22.1 Å². The number of nitrogens with zero attached hydrogens (tertiary/aromatic N) is 4. The largest absolute Gasteiger partial charge is 0.378 e. The number of rotatable bonds is 6. The minimum absolute atomic E-state index is 0.355. The Morgan fingerprint density at radius 2 is 1.76 bits per heavy atom. The molecule has 1 aliphatic rings. The van der Waals surface area contributed by atoms with Crippen molar-refractivity contribution in [3.05, 3.63) is 79.5 Å². The Labute approximate surface area is 218 Å². The number of ether oxygens (including phenoxy) is 1. The molecule has 6 rings (SSSR count). The van der Waals surface area contributed by atoms with Gasteiger partial charge in [-0.15, -0.1) is 0 Å². The van der Waals surface area contributed by atoms with Crippen LogP contribution in [-0.4, -0.2) is 57.3 Å². The van der Waals surface area contributed by atoms with Gasteiger partial charge in [0.05, 0.1) is 18.6 Å². The van der Waals surface area contributed by atoms with Crippen molar-refractivity contribution in [3.63, 3.8) is 0 Å². The van der Waals surface area contributed by atoms with Gasteiger partial charge in [0.1, 0.15) is 23.6 Å². The Balaban J connectivity index is 1.15. The highest BCUT2D eigenvalue weighted by atomic mass is 16.5. The van der Waals surface area contributed by atoms with Gasteiger partial charge >= 0.3 is 6.03 Å². The zero-order chi connectivity index (χ0) is 25.9. The summed E-state index contributed by atoms with van der Waals surface area (Å²) < 4.78 is 5.47. The first-order chi connectivity index (χ1) is 18.7. The second-order valence-electron chi connectivity index (χ2n) is 8.85. The van der Waals surface area contributed by atoms with Crippen LogP contribution >= 0.6 is 0 Å². The summed E-state index contributed by atoms with van der Waals surface area (Å²) >= 11 is 0. The average Bonchev–Trinajstić information content (AvgIpc) is 3.58. The van der Waals surface area contributed by atoms with Crippen LogP contribution in [0.3, 0.4) is 0 Å². The van der Waals surface area contributed by atoms with Gasteiger partial charge in [-0.1, -0.05) is 18.7 Å². The van der Waals surface area contributed by atoms with Crippen molar-refractivity contribution in [1.29, 1.82) is 0 Å². The first-order valence-corrected chi connectivity index (χ1v) is 12.3. The molecule has 5 aromatic rings. The number of aromatic nitrogens is 5. The Morgan fingerprint density at radius 1 is 0.974 bits per heavy atom. The van der Waals surface area contributed by atoms with Crippen LogP contribution in [0.1, 0.15) is 5.69 Å². The van der Waals surface area contributed by atoms with E-state index in [2.05, 4.69) is 53.1 Å². The fourth-order valence-corrected chi connectivity index (χ4v) is 4.60. The lowest BCUT2D eigenvalue weighted by Crippen LogP contribution is -2.36. The normalized spacial score (nSPS) is 13.4. The van der Waals surface area contributed by atoms with E-state index in [1.807, 2.05) is 42.5 Å². The van der Waals surface area contributed by atoms with E-state index in [1.54, 1.807) is 24.8 Å². The molecule has 10 nitrogen and oxygen atoms in total. The number of anilines is 3. The fraction of sp³-hybridized carbons (Fsp3) is 0.143. The molecular weight excluding hydrogens is 480 g/mol. The molecule has 0 atom stereocenters. The number of nitrogens with one attached hydrogen (secondary N) is 4. The van der Waals surface area contributed by atoms with E-state index in [4.69, 9.17) is 4.74 Å². The lowest BCUT2D eigenvalue weighted by atomic mass is 10.1. The second kappa shape index (κ2) is 10.2. The fourth-order valence-electron chi connectivity index (χ4n) is 4.60. The highest BCUT2D eigenvalue weighted by Crippen LogP contribution is 2.30. The standard InChI is InChI=1S/C28H26N8O2/c1-2-23-21(18-7-9-29-10-8-18)16-25(33-23)35-28(37)32-20-5-3-19(4-6-20)24-15-22-26(34-24)30-17-31-27(22)36-11-13-38-14-12-36/h2-10,15-17,33H,1,11-14H2,(H,30,31,34)(H2,32,35,37). The van der Waals surface area contributed by atoms with E-state index in [0.717, 1.165) is 58.0 Å². The zero-order valence-electron chi connectivity index (χ0n) is 20.6. The molecule has 5 heterocycles. The van der Waals surface area contributed by atoms with Gasteiger partial charge in [-0.3, -0.25) is 10.3 Å². The quantitative estimate of drug-likeness (QED) is 0.253. The molecule has 190 valence electrons. The van der Waals surface area contributed by atoms with Gasteiger partial charge in [0, 0.05) is 48.1 Å². The summed E-state index contributed by atoms with van der Waals surface area (Å²) in [6.07, 6.45) is 6.76. The molecule has 0 bridgehead atoms. The predicted octanol–water partition coefficient (Wildman–Crippen LogP) is 5.14. The Bertz CT molecular complexity index is 1580. The van der Waals surface area contributed by atoms with Gasteiger partial charge in [-0.2, -0.15) is 0 Å². The number of pyridine rings is 1. The topological polar surface area (TPSA) is 124 Å². The van der Waals surface area contributed by atoms with Crippen LogP contribution in [-0.2, 0) is 4.74 Å². The molecule has 4 N–H and O–H groups in total. The summed E-state index contributed by atoms with van der Waals surface area (Å²) in [5.41, 5.74) is 6.09. The molecular formula is C28H26N8O2. The molecule has 1 saturated heterocycles. The molecule has 0 spiro atoms. The molecule has 2 amide bonds. The lowest BCUT2D eigenvalue weighted by Gasteiger charge is -2.27. The van der Waals surface area contributed by atoms with Crippen LogP contribution in [0.2, 0.25) is 0 Å². The van der Waals surface area contributed by atoms with Crippen molar-refractivity contribution >= 4 is 40.5 Å². The first-order valence-electron chi connectivity index (χ1n) is 12.3. The predicted molar refractivity (Wildman–Crippen MR) is 149 cm³/mol. The van der Waals surface area contributed by atoms with Crippen LogP contribution in [0.25, 0.3) is 39.5 Å². The van der Waals surface area contributed by atoms with Crippen molar-refractivity contribution in [3.8, 4) is 22.4 Å². The van der Waals surface area contributed by atoms with Crippen LogP contribution in [0.15, 0.2) is 73.8 Å². The van der Waals surface area contributed by atoms with Crippen LogP contribution in [0, 0.1) is 0 Å². The molecule has 38 heavy (non-hydrogen) atoms. The number of aromatic amines is 2. The maximum absolute atomic E-state index is 12.7. The average molecular weight is 507 g/mol. The summed E-state index contributed by atoms with van der Waals surface area (Å²) in [4.78, 5) is 34.5. The molecule has 1 fully saturated rings. The van der Waals surface area contributed by atoms with Crippen LogP contribution in [0.5, 0.6) is 0 Å². The van der Waals surface area contributed by atoms with Crippen molar-refractivity contribution in [1.82, 2.24) is 24.9 Å². The van der Waals surface area contributed by atoms with E-state index in [1.165, 1.54) is 0 Å². The first kappa shape index (κ1) is 23.4. The minimum Gasteiger partial charge on any atom is -0.378 e. The molecule has 0 unspecified atom stereocenters. The third-order valence-corrected chi connectivity index (χ3v) is 6.46. The summed E-state index contributed by atoms with van der Waals surface area (Å²) in [6, 6.07) is 15.0. The summed E-state index contributed by atoms with van der Waals surface area (Å²) in [7, 11) is 0. The molecule has 0 aliphatic carbocycles. The van der Waals surface area contributed by atoms with Gasteiger partial charge in [0.25, 0.3) is 0 Å². The number of benzene rings is 1. The van der Waals surface area contributed by atoms with Gasteiger partial charge in [0.2, 0.25) is 0 Å². The van der Waals surface area contributed by atoms with E-state index < -0.39 is 0 Å². The summed E-state index contributed by atoms with van der Waals surface area (Å²) in [5, 5.41) is 6.70. The highest BCUT2D eigenvalue weighted by Gasteiger charge is 2.18. The van der Waals surface area contributed by atoms with Crippen molar-refractivity contribution in [2.75, 3.05) is 41.8 Å². The van der Waals surface area contributed by atoms with Crippen molar-refractivity contribution in [2.24, 2.45) is 0 Å². The molecule has 10 heteroatoms. The smallest absolute Gasteiger partial charge is 0.324 e. The summed E-state index contributed by atoms with van der Waals surface area (Å²) in [6.45, 7) is 6.85. The van der Waals surface area contributed by atoms with E-state index in [-0.39, 0.29) is 6.03 Å². The number of morpholine rings is 1. The molecule has 1 aromatic carbocycles. The highest BCUT2D eigenvalue weighted by molar-refractivity contribution is 6.00. The Morgan fingerprint density at radius 3 is 2.53 bits per heavy atom. The van der Waals surface area contributed by atoms with Crippen molar-refractivity contribution < 1.29 is 9.53 Å². The number of H-pyrrole nitrogens is 2. The van der Waals surface area contributed by atoms with E-state index in [0.29, 0.717) is 24.7 Å². The summed E-state index contributed by atoms with van der Waals surface area (Å²) in [5.74, 6) is 1.47. The SMILES string of the molecule is C=Cc1[nH]c(NC(=O)Nc2ccc(-c3cc4c(N5CCOCC5)ncnc4[nH]3)cc2)cc1-c1ccncc1. The van der Waals surface area contributed by atoms with Gasteiger partial charge in [0.15, 0.2) is 0 Å². The third kappa shape index (κ3) is 4.72. The van der Waals surface area contributed by atoms with Crippen molar-refractivity contribution in [2.45, 2.75) is 0 Å². The number of carbonyl (C=O) groups excluding carboxylic acids is 1. The van der Waals surface area contributed by atoms with Gasteiger partial charge in [-0.05, 0) is 53.6 Å². The Hall–Kier alpha value is -4.96. The van der Waals surface area contributed by atoms with Gasteiger partial charge < -0.3 is 24.9 Å². The molecule has 0 saturated carbocycles. The van der Waals surface area contributed by atoms with Gasteiger partial charge in [-0.25, -0.2) is 14.8 Å². The monoisotopic (exact) mass is 506 g/mol. The number of amides is 2. The number of urea groups is 1.